The van der Waals surface area contributed by atoms with Gasteiger partial charge >= 0.3 is 0 Å². The molecule has 0 aliphatic heterocycles. The molecule has 0 radical (unpaired) electrons. The number of thiophene rings is 1. The zero-order valence-corrected chi connectivity index (χ0v) is 13.2. The summed E-state index contributed by atoms with van der Waals surface area (Å²) in [7, 11) is 0. The third-order valence-electron chi connectivity index (χ3n) is 3.54. The molecule has 0 unspecified atom stereocenters. The van der Waals surface area contributed by atoms with Gasteiger partial charge in [-0.15, -0.1) is 11.3 Å². The van der Waals surface area contributed by atoms with E-state index in [0.717, 1.165) is 16.7 Å². The van der Waals surface area contributed by atoms with Crippen molar-refractivity contribution in [1.29, 1.82) is 0 Å². The van der Waals surface area contributed by atoms with E-state index in [1.165, 1.54) is 29.7 Å². The minimum Gasteiger partial charge on any atom is -0.505 e. The molecule has 7 heteroatoms. The van der Waals surface area contributed by atoms with E-state index < -0.39 is 11.6 Å². The van der Waals surface area contributed by atoms with Gasteiger partial charge in [0.2, 0.25) is 0 Å². The molecule has 118 valence electrons. The van der Waals surface area contributed by atoms with Crippen molar-refractivity contribution in [2.45, 2.75) is 13.8 Å². The van der Waals surface area contributed by atoms with Crippen LogP contribution in [-0.2, 0) is 0 Å². The van der Waals surface area contributed by atoms with Gasteiger partial charge in [0, 0.05) is 16.7 Å². The van der Waals surface area contributed by atoms with Crippen molar-refractivity contribution in [3.05, 3.63) is 45.7 Å². The van der Waals surface area contributed by atoms with Crippen LogP contribution in [0.4, 0.5) is 4.39 Å². The second-order valence-electron chi connectivity index (χ2n) is 5.00. The Morgan fingerprint density at radius 2 is 2.09 bits per heavy atom. The van der Waals surface area contributed by atoms with Crippen LogP contribution in [0, 0.1) is 19.7 Å². The molecule has 0 fully saturated rings. The largest absolute Gasteiger partial charge is 0.505 e. The van der Waals surface area contributed by atoms with Gasteiger partial charge in [0.1, 0.15) is 5.76 Å². The van der Waals surface area contributed by atoms with Crippen LogP contribution < -0.4 is 0 Å². The molecule has 3 rings (SSSR count). The van der Waals surface area contributed by atoms with Crippen molar-refractivity contribution in [3.63, 3.8) is 0 Å². The Morgan fingerprint density at radius 3 is 2.70 bits per heavy atom. The fourth-order valence-electron chi connectivity index (χ4n) is 2.50. The molecule has 0 saturated heterocycles. The molecule has 2 heterocycles. The fourth-order valence-corrected chi connectivity index (χ4v) is 3.44. The number of benzene rings is 1. The molecule has 5 nitrogen and oxygen atoms in total. The molecule has 3 aromatic rings. The summed E-state index contributed by atoms with van der Waals surface area (Å²) in [6.07, 6.45) is 1.33. The standard InChI is InChI=1S/C16H13FN2O3S/c1-8-15(9(2)22-19-8)16-11(7-23-14(16)6-18-21)10-3-4-13(20)12(17)5-10/h3-7,20-21H,1-2H3/b18-6+. The molecule has 0 saturated carbocycles. The predicted octanol–water partition coefficient (Wildman–Crippen LogP) is 4.34. The lowest BCUT2D eigenvalue weighted by atomic mass is 9.96. The number of hydrogen-bond acceptors (Lipinski definition) is 6. The predicted molar refractivity (Wildman–Crippen MR) is 85.7 cm³/mol. The van der Waals surface area contributed by atoms with Crippen molar-refractivity contribution in [2.75, 3.05) is 0 Å². The number of halogens is 1. The Morgan fingerprint density at radius 1 is 1.30 bits per heavy atom. The molecule has 1 aromatic carbocycles. The molecule has 2 N–H and O–H groups in total. The number of nitrogens with zero attached hydrogens (tertiary/aromatic N) is 2. The maximum atomic E-state index is 13.7. The van der Waals surface area contributed by atoms with E-state index in [-0.39, 0.29) is 0 Å². The van der Waals surface area contributed by atoms with Crippen LogP contribution in [-0.4, -0.2) is 21.7 Å². The molecule has 0 aliphatic rings. The second-order valence-corrected chi connectivity index (χ2v) is 5.91. The summed E-state index contributed by atoms with van der Waals surface area (Å²) in [5.41, 5.74) is 3.58. The summed E-state index contributed by atoms with van der Waals surface area (Å²) < 4.78 is 18.9. The van der Waals surface area contributed by atoms with Gasteiger partial charge < -0.3 is 14.8 Å². The number of aryl methyl sites for hydroxylation is 2. The SMILES string of the molecule is Cc1noc(C)c1-c1c(-c2ccc(O)c(F)c2)csc1/C=N/O. The Balaban J connectivity index is 2.28. The quantitative estimate of drug-likeness (QED) is 0.425. The highest BCUT2D eigenvalue weighted by molar-refractivity contribution is 7.12. The lowest BCUT2D eigenvalue weighted by molar-refractivity contribution is 0.322. The molecule has 0 spiro atoms. The van der Waals surface area contributed by atoms with E-state index in [2.05, 4.69) is 10.3 Å². The molecule has 0 bridgehead atoms. The smallest absolute Gasteiger partial charge is 0.165 e. The number of phenols is 1. The number of hydrogen-bond donors (Lipinski definition) is 2. The Labute approximate surface area is 135 Å². The molecule has 0 atom stereocenters. The second kappa shape index (κ2) is 5.85. The van der Waals surface area contributed by atoms with Crippen LogP contribution in [0.2, 0.25) is 0 Å². The van der Waals surface area contributed by atoms with Gasteiger partial charge in [-0.2, -0.15) is 0 Å². The first-order chi connectivity index (χ1) is 11.0. The van der Waals surface area contributed by atoms with E-state index >= 15 is 0 Å². The first-order valence-corrected chi connectivity index (χ1v) is 7.62. The third-order valence-corrected chi connectivity index (χ3v) is 4.45. The number of aromatic hydroxyl groups is 1. The Kier molecular flexibility index (Phi) is 3.87. The van der Waals surface area contributed by atoms with Crippen molar-refractivity contribution in [1.82, 2.24) is 5.16 Å². The van der Waals surface area contributed by atoms with E-state index in [1.54, 1.807) is 13.0 Å². The van der Waals surface area contributed by atoms with Gasteiger partial charge in [0.25, 0.3) is 0 Å². The van der Waals surface area contributed by atoms with E-state index in [0.29, 0.717) is 21.9 Å². The minimum atomic E-state index is -0.698. The van der Waals surface area contributed by atoms with E-state index in [9.17, 15) is 9.50 Å². The first kappa shape index (κ1) is 15.2. The van der Waals surface area contributed by atoms with Crippen molar-refractivity contribution >= 4 is 17.6 Å². The highest BCUT2D eigenvalue weighted by Crippen LogP contribution is 2.42. The molecule has 2 aromatic heterocycles. The summed E-state index contributed by atoms with van der Waals surface area (Å²) in [4.78, 5) is 0.699. The fraction of sp³-hybridized carbons (Fsp3) is 0.125. The third kappa shape index (κ3) is 2.59. The lowest BCUT2D eigenvalue weighted by Gasteiger charge is -2.07. The molecule has 0 aliphatic carbocycles. The van der Waals surface area contributed by atoms with Gasteiger partial charge in [-0.3, -0.25) is 0 Å². The molecule has 0 amide bonds. The molecular weight excluding hydrogens is 319 g/mol. The first-order valence-electron chi connectivity index (χ1n) is 6.74. The van der Waals surface area contributed by atoms with Gasteiger partial charge in [-0.05, 0) is 36.9 Å². The monoisotopic (exact) mass is 332 g/mol. The van der Waals surface area contributed by atoms with Crippen molar-refractivity contribution in [3.8, 4) is 28.0 Å². The minimum absolute atomic E-state index is 0.403. The Bertz CT molecular complexity index is 879. The van der Waals surface area contributed by atoms with Crippen LogP contribution in [0.25, 0.3) is 22.3 Å². The highest BCUT2D eigenvalue weighted by Gasteiger charge is 2.21. The summed E-state index contributed by atoms with van der Waals surface area (Å²) in [6.45, 7) is 3.60. The summed E-state index contributed by atoms with van der Waals surface area (Å²) in [6, 6.07) is 4.19. The maximum Gasteiger partial charge on any atom is 0.165 e. The zero-order valence-electron chi connectivity index (χ0n) is 12.4. The average Bonchev–Trinajstić information content (AvgIpc) is 3.06. The van der Waals surface area contributed by atoms with Gasteiger partial charge in [-0.25, -0.2) is 4.39 Å². The number of oxime groups is 1. The van der Waals surface area contributed by atoms with Gasteiger partial charge in [0.15, 0.2) is 11.6 Å². The summed E-state index contributed by atoms with van der Waals surface area (Å²) in [5, 5.41) is 27.1. The van der Waals surface area contributed by atoms with Crippen LogP contribution >= 0.6 is 11.3 Å². The van der Waals surface area contributed by atoms with Crippen molar-refractivity contribution < 1.29 is 19.2 Å². The summed E-state index contributed by atoms with van der Waals surface area (Å²) in [5.74, 6) is -0.482. The van der Waals surface area contributed by atoms with Gasteiger partial charge in [-0.1, -0.05) is 16.4 Å². The summed E-state index contributed by atoms with van der Waals surface area (Å²) >= 11 is 1.36. The van der Waals surface area contributed by atoms with E-state index in [1.807, 2.05) is 12.3 Å². The topological polar surface area (TPSA) is 78.9 Å². The Hall–Kier alpha value is -2.67. The zero-order chi connectivity index (χ0) is 16.6. The van der Waals surface area contributed by atoms with Crippen LogP contribution in [0.5, 0.6) is 5.75 Å². The average molecular weight is 332 g/mol. The van der Waals surface area contributed by atoms with E-state index in [4.69, 9.17) is 9.73 Å². The normalized spacial score (nSPS) is 11.4. The highest BCUT2D eigenvalue weighted by atomic mass is 32.1. The number of phenolic OH excluding ortho intramolecular Hbond substituents is 1. The lowest BCUT2D eigenvalue weighted by Crippen LogP contribution is -1.89. The number of aromatic nitrogens is 1. The van der Waals surface area contributed by atoms with Crippen molar-refractivity contribution in [2.24, 2.45) is 5.16 Å². The van der Waals surface area contributed by atoms with Crippen LogP contribution in [0.15, 0.2) is 33.3 Å². The molecular formula is C16H13FN2O3S. The van der Waals surface area contributed by atoms with Crippen LogP contribution in [0.1, 0.15) is 16.3 Å². The molecule has 23 heavy (non-hydrogen) atoms. The van der Waals surface area contributed by atoms with Gasteiger partial charge in [0.05, 0.1) is 16.8 Å². The van der Waals surface area contributed by atoms with Crippen LogP contribution in [0.3, 0.4) is 0 Å². The number of rotatable bonds is 3. The maximum absolute atomic E-state index is 13.7.